The lowest BCUT2D eigenvalue weighted by Crippen LogP contribution is -2.31. The third kappa shape index (κ3) is 5.11. The highest BCUT2D eigenvalue weighted by molar-refractivity contribution is 6.31. The first-order valence-electron chi connectivity index (χ1n) is 5.45. The Hall–Kier alpha value is -2.37. The van der Waals surface area contributed by atoms with Gasteiger partial charge in [-0.05, 0) is 18.6 Å². The number of anilines is 1. The summed E-state index contributed by atoms with van der Waals surface area (Å²) in [6.07, 6.45) is 0.604. The first-order chi connectivity index (χ1) is 8.59. The molecule has 2 amide bonds. The topological polar surface area (TPSA) is 95.5 Å². The van der Waals surface area contributed by atoms with Gasteiger partial charge < -0.3 is 15.7 Å². The van der Waals surface area contributed by atoms with E-state index in [2.05, 4.69) is 10.6 Å². The van der Waals surface area contributed by atoms with E-state index < -0.39 is 11.9 Å². The molecule has 3 N–H and O–H groups in total. The maximum atomic E-state index is 11.5. The normalized spacial score (nSPS) is 9.56. The average Bonchev–Trinajstić information content (AvgIpc) is 2.35. The second-order valence-electron chi connectivity index (χ2n) is 3.58. The molecule has 0 bridgehead atoms. The van der Waals surface area contributed by atoms with Crippen LogP contribution in [0, 0.1) is 0 Å². The largest absolute Gasteiger partial charge is 0.474 e. The summed E-state index contributed by atoms with van der Waals surface area (Å²) in [4.78, 5) is 32.3. The quantitative estimate of drug-likeness (QED) is 0.527. The first kappa shape index (κ1) is 13.7. The summed E-state index contributed by atoms with van der Waals surface area (Å²) in [6.45, 7) is 0.160. The molecule has 0 spiro atoms. The van der Waals surface area contributed by atoms with Gasteiger partial charge in [0.25, 0.3) is 0 Å². The Morgan fingerprint density at radius 3 is 2.39 bits per heavy atom. The molecule has 0 fully saturated rings. The number of rotatable bonds is 5. The predicted molar refractivity (Wildman–Crippen MR) is 65.0 cm³/mol. The molecule has 18 heavy (non-hydrogen) atoms. The van der Waals surface area contributed by atoms with Crippen molar-refractivity contribution in [1.82, 2.24) is 5.32 Å². The van der Waals surface area contributed by atoms with Crippen molar-refractivity contribution in [1.29, 1.82) is 0 Å². The number of nitrogens with one attached hydrogen (secondary N) is 2. The standard InChI is InChI=1S/C12H14N2O4/c15-10(14-9-5-2-1-3-6-9)7-4-8-13-11(16)12(17)18/h1-3,5-6H,4,7-8H2,(H,13,16)(H,14,15)(H,17,18). The van der Waals surface area contributed by atoms with E-state index in [0.717, 1.165) is 0 Å². The Balaban J connectivity index is 2.18. The van der Waals surface area contributed by atoms with Crippen LogP contribution in [0.3, 0.4) is 0 Å². The fourth-order valence-corrected chi connectivity index (χ4v) is 1.27. The fraction of sp³-hybridized carbons (Fsp3) is 0.250. The number of carbonyl (C=O) groups is 3. The number of benzene rings is 1. The fourth-order valence-electron chi connectivity index (χ4n) is 1.27. The van der Waals surface area contributed by atoms with Crippen LogP contribution >= 0.6 is 0 Å². The van der Waals surface area contributed by atoms with Gasteiger partial charge in [0.15, 0.2) is 0 Å². The lowest BCUT2D eigenvalue weighted by Gasteiger charge is -2.05. The molecule has 0 aliphatic carbocycles. The Morgan fingerprint density at radius 2 is 1.78 bits per heavy atom. The van der Waals surface area contributed by atoms with Gasteiger partial charge in [-0.3, -0.25) is 9.59 Å². The highest BCUT2D eigenvalue weighted by atomic mass is 16.4. The van der Waals surface area contributed by atoms with Crippen LogP contribution in [-0.2, 0) is 14.4 Å². The molecule has 0 aromatic heterocycles. The van der Waals surface area contributed by atoms with Gasteiger partial charge >= 0.3 is 11.9 Å². The van der Waals surface area contributed by atoms with Crippen molar-refractivity contribution in [2.45, 2.75) is 12.8 Å². The minimum absolute atomic E-state index is 0.160. The molecule has 0 aliphatic rings. The van der Waals surface area contributed by atoms with Crippen molar-refractivity contribution in [3.05, 3.63) is 30.3 Å². The molecule has 0 radical (unpaired) electrons. The van der Waals surface area contributed by atoms with E-state index in [1.54, 1.807) is 12.1 Å². The van der Waals surface area contributed by atoms with Gasteiger partial charge in [-0.1, -0.05) is 18.2 Å². The third-order valence-electron chi connectivity index (χ3n) is 2.12. The molecule has 1 aromatic carbocycles. The highest BCUT2D eigenvalue weighted by Crippen LogP contribution is 2.05. The molecule has 6 heteroatoms. The number of hydrogen-bond donors (Lipinski definition) is 3. The predicted octanol–water partition coefficient (Wildman–Crippen LogP) is 0.606. The van der Waals surface area contributed by atoms with E-state index in [-0.39, 0.29) is 18.9 Å². The van der Waals surface area contributed by atoms with E-state index in [4.69, 9.17) is 5.11 Å². The molecule has 0 saturated carbocycles. The van der Waals surface area contributed by atoms with E-state index in [1.807, 2.05) is 18.2 Å². The van der Waals surface area contributed by atoms with E-state index >= 15 is 0 Å². The van der Waals surface area contributed by atoms with Gasteiger partial charge in [-0.2, -0.15) is 0 Å². The van der Waals surface area contributed by atoms with Crippen LogP contribution in [0.25, 0.3) is 0 Å². The van der Waals surface area contributed by atoms with E-state index in [0.29, 0.717) is 12.1 Å². The zero-order valence-corrected chi connectivity index (χ0v) is 9.68. The Bertz CT molecular complexity index is 431. The van der Waals surface area contributed by atoms with Crippen LogP contribution in [-0.4, -0.2) is 29.4 Å². The summed E-state index contributed by atoms with van der Waals surface area (Å²) in [5, 5.41) is 13.2. The van der Waals surface area contributed by atoms with Gasteiger partial charge in [0, 0.05) is 18.7 Å². The van der Waals surface area contributed by atoms with Crippen LogP contribution in [0.2, 0.25) is 0 Å². The molecule has 0 heterocycles. The van der Waals surface area contributed by atoms with Crippen LogP contribution in [0.15, 0.2) is 30.3 Å². The van der Waals surface area contributed by atoms with Gasteiger partial charge in [0.1, 0.15) is 0 Å². The van der Waals surface area contributed by atoms with E-state index in [1.165, 1.54) is 0 Å². The Morgan fingerprint density at radius 1 is 1.11 bits per heavy atom. The molecule has 96 valence electrons. The van der Waals surface area contributed by atoms with Gasteiger partial charge in [0.2, 0.25) is 5.91 Å². The van der Waals surface area contributed by atoms with Crippen molar-refractivity contribution in [2.75, 3.05) is 11.9 Å². The molecule has 0 atom stereocenters. The molecular formula is C12H14N2O4. The molecular weight excluding hydrogens is 236 g/mol. The molecule has 1 rings (SSSR count). The SMILES string of the molecule is O=C(CCCNC(=O)C(=O)O)Nc1ccccc1. The second-order valence-corrected chi connectivity index (χ2v) is 3.58. The minimum Gasteiger partial charge on any atom is -0.474 e. The third-order valence-corrected chi connectivity index (χ3v) is 2.12. The van der Waals surface area contributed by atoms with Crippen LogP contribution < -0.4 is 10.6 Å². The molecule has 0 saturated heterocycles. The van der Waals surface area contributed by atoms with Crippen molar-refractivity contribution in [3.8, 4) is 0 Å². The minimum atomic E-state index is -1.52. The second kappa shape index (κ2) is 7.05. The molecule has 0 unspecified atom stereocenters. The summed E-state index contributed by atoms with van der Waals surface area (Å²) in [5.41, 5.74) is 0.706. The maximum Gasteiger partial charge on any atom is 0.394 e. The van der Waals surface area contributed by atoms with Crippen molar-refractivity contribution < 1.29 is 19.5 Å². The Kier molecular flexibility index (Phi) is 5.37. The number of carboxylic acid groups (broad SMARTS) is 1. The maximum absolute atomic E-state index is 11.5. The zero-order chi connectivity index (χ0) is 13.4. The van der Waals surface area contributed by atoms with E-state index in [9.17, 15) is 14.4 Å². The van der Waals surface area contributed by atoms with Gasteiger partial charge in [0.05, 0.1) is 0 Å². The van der Waals surface area contributed by atoms with Gasteiger partial charge in [-0.25, -0.2) is 4.79 Å². The number of amides is 2. The molecule has 6 nitrogen and oxygen atoms in total. The number of carbonyl (C=O) groups excluding carboxylic acids is 2. The highest BCUT2D eigenvalue weighted by Gasteiger charge is 2.09. The number of carboxylic acids is 1. The monoisotopic (exact) mass is 250 g/mol. The number of aliphatic carboxylic acids is 1. The Labute approximate surface area is 104 Å². The van der Waals surface area contributed by atoms with Crippen LogP contribution in [0.5, 0.6) is 0 Å². The number of para-hydroxylation sites is 1. The summed E-state index contributed by atoms with van der Waals surface area (Å²) in [7, 11) is 0. The lowest BCUT2D eigenvalue weighted by atomic mass is 10.2. The summed E-state index contributed by atoms with van der Waals surface area (Å²) in [6, 6.07) is 9.00. The smallest absolute Gasteiger partial charge is 0.394 e. The lowest BCUT2D eigenvalue weighted by molar-refractivity contribution is -0.150. The molecule has 0 aliphatic heterocycles. The number of hydrogen-bond acceptors (Lipinski definition) is 3. The summed E-state index contributed by atoms with van der Waals surface area (Å²) >= 11 is 0. The average molecular weight is 250 g/mol. The van der Waals surface area contributed by atoms with Crippen molar-refractivity contribution in [3.63, 3.8) is 0 Å². The van der Waals surface area contributed by atoms with Crippen molar-refractivity contribution in [2.24, 2.45) is 0 Å². The van der Waals surface area contributed by atoms with Crippen LogP contribution in [0.4, 0.5) is 5.69 Å². The van der Waals surface area contributed by atoms with Crippen LogP contribution in [0.1, 0.15) is 12.8 Å². The zero-order valence-electron chi connectivity index (χ0n) is 9.68. The summed E-state index contributed by atoms with van der Waals surface area (Å²) in [5.74, 6) is -2.76. The first-order valence-corrected chi connectivity index (χ1v) is 5.45. The molecule has 1 aromatic rings. The van der Waals surface area contributed by atoms with Crippen molar-refractivity contribution >= 4 is 23.5 Å². The van der Waals surface area contributed by atoms with Gasteiger partial charge in [-0.15, -0.1) is 0 Å². The summed E-state index contributed by atoms with van der Waals surface area (Å²) < 4.78 is 0.